The maximum atomic E-state index is 12.8. The molecule has 414 valence electrons. The number of amides is 4. The number of hydrogen-bond acceptors (Lipinski definition) is 17. The molecule has 0 aromatic heterocycles. The third-order valence-electron chi connectivity index (χ3n) is 14.0. The fraction of sp³-hybridized carbons (Fsp3) is 0.375. The Hall–Kier alpha value is -8.63. The maximum Gasteiger partial charge on any atom is 0.335 e. The zero-order valence-electron chi connectivity index (χ0n) is 42.6. The first kappa shape index (κ1) is 55.6. The number of rotatable bonds is 9. The van der Waals surface area contributed by atoms with Gasteiger partial charge in [0.2, 0.25) is 20.4 Å². The lowest BCUT2D eigenvalue weighted by atomic mass is 9.89. The van der Waals surface area contributed by atoms with Gasteiger partial charge in [0.1, 0.15) is 0 Å². The first-order valence-corrected chi connectivity index (χ1v) is 25.8. The maximum absolute atomic E-state index is 12.8. The van der Waals surface area contributed by atoms with Gasteiger partial charge in [-0.15, -0.1) is 0 Å². The van der Waals surface area contributed by atoms with Crippen molar-refractivity contribution in [2.24, 2.45) is 11.5 Å². The minimum absolute atomic E-state index is 0.144. The summed E-state index contributed by atoms with van der Waals surface area (Å²) in [6, 6.07) is 22.1. The molecule has 5 aromatic carbocycles. The van der Waals surface area contributed by atoms with E-state index in [0.29, 0.717) is 58.5 Å². The monoisotopic (exact) mass is 1080 g/mol. The Morgan fingerprint density at radius 2 is 0.628 bits per heavy atom. The number of hydrogen-bond donors (Lipinski definition) is 11. The highest BCUT2D eigenvalue weighted by Crippen LogP contribution is 2.35. The number of phenolic OH excluding ortho intramolecular Hbond substituents is 4. The largest absolute Gasteiger partial charge is 0.504 e. The Morgan fingerprint density at radius 1 is 0.359 bits per heavy atom. The molecule has 3 heterocycles. The highest BCUT2D eigenvalue weighted by molar-refractivity contribution is 5.97. The van der Waals surface area contributed by atoms with Crippen molar-refractivity contribution in [1.29, 1.82) is 0 Å². The number of carbonyl (C=O) groups is 5. The Kier molecular flexibility index (Phi) is 18.5. The summed E-state index contributed by atoms with van der Waals surface area (Å²) in [6.07, 6.45) is 11.6. The summed E-state index contributed by atoms with van der Waals surface area (Å²) in [6.45, 7) is 0.492. The second-order valence-corrected chi connectivity index (χ2v) is 19.4. The van der Waals surface area contributed by atoms with Crippen LogP contribution in [-0.2, 0) is 0 Å². The minimum atomic E-state index is -0.965. The van der Waals surface area contributed by atoms with Gasteiger partial charge in [-0.2, -0.15) is 0 Å². The van der Waals surface area contributed by atoms with Crippen LogP contribution in [0.4, 0.5) is 0 Å². The van der Waals surface area contributed by atoms with Crippen molar-refractivity contribution in [1.82, 2.24) is 21.3 Å². The van der Waals surface area contributed by atoms with E-state index in [-0.39, 0.29) is 108 Å². The number of nitrogens with two attached hydrogens (primary N) is 2. The predicted octanol–water partition coefficient (Wildman–Crippen LogP) is 5.92. The molecule has 3 aliphatic carbocycles. The number of carboxylic acids is 1. The lowest BCUT2D eigenvalue weighted by Crippen LogP contribution is -2.53. The number of aromatic carboxylic acids is 1. The van der Waals surface area contributed by atoms with Gasteiger partial charge in [-0.1, -0.05) is 38.5 Å². The second-order valence-electron chi connectivity index (χ2n) is 19.4. The third kappa shape index (κ3) is 14.4. The van der Waals surface area contributed by atoms with Crippen LogP contribution in [0.15, 0.2) is 91.0 Å². The Bertz CT molecular complexity index is 2810. The van der Waals surface area contributed by atoms with Crippen molar-refractivity contribution in [3.63, 3.8) is 0 Å². The predicted molar refractivity (Wildman–Crippen MR) is 281 cm³/mol. The van der Waals surface area contributed by atoms with Gasteiger partial charge in [-0.25, -0.2) is 4.79 Å². The van der Waals surface area contributed by atoms with Crippen LogP contribution in [0.5, 0.6) is 57.5 Å². The van der Waals surface area contributed by atoms with Gasteiger partial charge in [-0.05, 0) is 130 Å². The van der Waals surface area contributed by atoms with E-state index in [2.05, 4.69) is 21.3 Å². The highest BCUT2D eigenvalue weighted by atomic mass is 16.7. The molecule has 13 N–H and O–H groups in total. The zero-order valence-corrected chi connectivity index (χ0v) is 42.6. The Morgan fingerprint density at radius 3 is 0.936 bits per heavy atom. The molecular weight excluding hydrogens is 1010 g/mol. The molecular formula is C56H64N6O16. The molecule has 22 heteroatoms. The fourth-order valence-corrected chi connectivity index (χ4v) is 9.58. The van der Waals surface area contributed by atoms with Crippen molar-refractivity contribution < 1.29 is 77.9 Å². The van der Waals surface area contributed by atoms with E-state index in [9.17, 15) is 44.4 Å². The number of aromatic hydroxyl groups is 4. The molecule has 0 saturated heterocycles. The van der Waals surface area contributed by atoms with Crippen LogP contribution >= 0.6 is 0 Å². The molecule has 0 spiro atoms. The number of carboxylic acid groups (broad SMARTS) is 1. The summed E-state index contributed by atoms with van der Waals surface area (Å²) in [4.78, 5) is 61.1. The van der Waals surface area contributed by atoms with Crippen molar-refractivity contribution in [2.45, 2.75) is 113 Å². The van der Waals surface area contributed by atoms with Crippen LogP contribution < -0.4 is 61.2 Å². The number of fused-ring (bicyclic) bond motifs is 3. The minimum Gasteiger partial charge on any atom is -0.504 e. The number of nitrogens with one attached hydrogen (secondary N) is 4. The summed E-state index contributed by atoms with van der Waals surface area (Å²) in [5.74, 6) is -0.0515. The number of benzene rings is 5. The van der Waals surface area contributed by atoms with Crippen LogP contribution in [0.3, 0.4) is 0 Å². The van der Waals surface area contributed by atoms with Gasteiger partial charge in [0.15, 0.2) is 57.5 Å². The first-order chi connectivity index (χ1) is 37.6. The second kappa shape index (κ2) is 25.9. The molecule has 5 aromatic rings. The quantitative estimate of drug-likeness (QED) is 0.0763. The lowest BCUT2D eigenvalue weighted by molar-refractivity contribution is 0.0695. The average molecular weight is 1080 g/mol. The Balaban J connectivity index is 0.000000153. The van der Waals surface area contributed by atoms with Gasteiger partial charge in [-0.3, -0.25) is 19.2 Å². The van der Waals surface area contributed by atoms with E-state index in [0.717, 1.165) is 51.4 Å². The lowest BCUT2D eigenvalue weighted by Gasteiger charge is -2.33. The van der Waals surface area contributed by atoms with Gasteiger partial charge in [0.05, 0.1) is 5.56 Å². The van der Waals surface area contributed by atoms with Crippen LogP contribution in [-0.4, -0.2) is 112 Å². The van der Waals surface area contributed by atoms with Gasteiger partial charge >= 0.3 is 5.97 Å². The number of phenols is 4. The first-order valence-electron chi connectivity index (χ1n) is 25.8. The molecule has 3 saturated carbocycles. The van der Waals surface area contributed by atoms with E-state index in [4.69, 9.17) is 45.0 Å². The summed E-state index contributed by atoms with van der Waals surface area (Å²) < 4.78 is 31.3. The molecule has 3 aliphatic heterocycles. The molecule has 22 nitrogen and oxygen atoms in total. The molecule has 4 amide bonds. The number of ether oxygens (including phenoxy) is 6. The molecule has 6 aliphatic rings. The molecule has 0 bridgehead atoms. The van der Waals surface area contributed by atoms with Crippen LogP contribution in [0.25, 0.3) is 0 Å². The summed E-state index contributed by atoms with van der Waals surface area (Å²) in [7, 11) is 0. The SMILES string of the molecule is N[C@@H]1CCCC[C@H]1N.O=C(N[C@@H]1CCCC[C@H]1NC(=O)c1ccc(O)c(O)c1)c1ccc(O)c(O)c1.O=C(N[C@@H]1CCCC[C@H]1NC(=O)c1ccc2c(c1)OCO2)c1ccc2c(c1)OCO2.O=C(O)c1ccc2c(c1)OCO2. The van der Waals surface area contributed by atoms with E-state index < -0.39 is 17.8 Å². The van der Waals surface area contributed by atoms with Crippen molar-refractivity contribution in [3.05, 3.63) is 119 Å². The Labute approximate surface area is 448 Å². The summed E-state index contributed by atoms with van der Waals surface area (Å²) in [5.41, 5.74) is 12.9. The van der Waals surface area contributed by atoms with E-state index >= 15 is 0 Å². The van der Waals surface area contributed by atoms with Crippen LogP contribution in [0.1, 0.15) is 129 Å². The average Bonchev–Trinajstić information content (AvgIpc) is 4.25. The van der Waals surface area contributed by atoms with Gasteiger partial charge < -0.3 is 86.7 Å². The molecule has 3 fully saturated rings. The van der Waals surface area contributed by atoms with Gasteiger partial charge in [0, 0.05) is 58.5 Å². The topological polar surface area (TPSA) is 342 Å². The zero-order chi connectivity index (χ0) is 55.3. The molecule has 11 rings (SSSR count). The van der Waals surface area contributed by atoms with E-state index in [1.54, 1.807) is 42.5 Å². The molecule has 78 heavy (non-hydrogen) atoms. The van der Waals surface area contributed by atoms with E-state index in [1.165, 1.54) is 61.4 Å². The molecule has 6 atom stereocenters. The molecule has 0 radical (unpaired) electrons. The van der Waals surface area contributed by atoms with Crippen molar-refractivity contribution >= 4 is 29.6 Å². The fourth-order valence-electron chi connectivity index (χ4n) is 9.58. The van der Waals surface area contributed by atoms with Crippen LogP contribution in [0.2, 0.25) is 0 Å². The molecule has 0 unspecified atom stereocenters. The third-order valence-corrected chi connectivity index (χ3v) is 14.0. The number of carbonyl (C=O) groups excluding carboxylic acids is 4. The van der Waals surface area contributed by atoms with E-state index in [1.807, 2.05) is 0 Å². The van der Waals surface area contributed by atoms with Crippen LogP contribution in [0, 0.1) is 0 Å². The smallest absolute Gasteiger partial charge is 0.335 e. The van der Waals surface area contributed by atoms with Crippen molar-refractivity contribution in [2.75, 3.05) is 20.4 Å². The standard InChI is InChI=1S/C22H22N2O6.C20H22N2O6.C8H6O4.C6H14N2/c25-21(13-5-7-17-19(9-13)29-11-27-17)23-15-3-1-2-4-16(15)24-22(26)14-6-8-18-20(10-14)30-12-28-18;23-15-7-5-11(9-17(15)25)19(27)21-13-3-1-2-4-14(13)22-20(28)12-6-8-16(24)18(26)10-12;9-8(10)5-1-2-6-7(3-5)12-4-11-6;7-5-3-1-2-4-6(5)8/h5-10,15-16H,1-4,11-12H2,(H,23,25)(H,24,26);5-10,13-14,23-26H,1-4H2,(H,21,27)(H,22,28);1-3H,4H2,(H,9,10);5-6H,1-4,7-8H2/t15-,16-;13-,14-;;5-,6-/m11.1/s1. The summed E-state index contributed by atoms with van der Waals surface area (Å²) >= 11 is 0. The highest BCUT2D eigenvalue weighted by Gasteiger charge is 2.31. The normalized spacial score (nSPS) is 21.1. The van der Waals surface area contributed by atoms with Crippen molar-refractivity contribution in [3.8, 4) is 57.5 Å². The van der Waals surface area contributed by atoms with Gasteiger partial charge in [0.25, 0.3) is 23.6 Å². The summed E-state index contributed by atoms with van der Waals surface area (Å²) in [5, 5.41) is 58.4.